The minimum atomic E-state index is -0.0241. The van der Waals surface area contributed by atoms with Gasteiger partial charge in [0.25, 0.3) is 0 Å². The Bertz CT molecular complexity index is 969. The quantitative estimate of drug-likeness (QED) is 0.588. The Hall–Kier alpha value is -2.29. The smallest absolute Gasteiger partial charge is 0.247 e. The molecule has 3 heterocycles. The lowest BCUT2D eigenvalue weighted by molar-refractivity contribution is -0.121. The van der Waals surface area contributed by atoms with Gasteiger partial charge in [-0.25, -0.2) is 4.98 Å². The fraction of sp³-hybridized carbons (Fsp3) is 0.300. The second kappa shape index (κ2) is 9.02. The van der Waals surface area contributed by atoms with Crippen LogP contribution in [0.15, 0.2) is 51.5 Å². The van der Waals surface area contributed by atoms with E-state index < -0.39 is 0 Å². The summed E-state index contributed by atoms with van der Waals surface area (Å²) in [5.74, 6) is 1.61. The number of carbonyl (C=O) groups is 1. The Morgan fingerprint density at radius 3 is 2.62 bits per heavy atom. The van der Waals surface area contributed by atoms with E-state index in [0.29, 0.717) is 29.2 Å². The molecule has 1 saturated heterocycles. The average Bonchev–Trinajstić information content (AvgIpc) is 3.19. The fourth-order valence-corrected chi connectivity index (χ4v) is 3.61. The molecule has 2 aromatic heterocycles. The maximum atomic E-state index is 12.5. The molecule has 0 bridgehead atoms. The summed E-state index contributed by atoms with van der Waals surface area (Å²) in [5.41, 5.74) is 0.838. The molecule has 1 aromatic carbocycles. The molecule has 1 fully saturated rings. The molecule has 3 aromatic rings. The van der Waals surface area contributed by atoms with Crippen molar-refractivity contribution in [1.82, 2.24) is 20.1 Å². The zero-order chi connectivity index (χ0) is 20.2. The van der Waals surface area contributed by atoms with Gasteiger partial charge in [0.1, 0.15) is 5.82 Å². The number of piperidine rings is 1. The second-order valence-electron chi connectivity index (χ2n) is 6.91. The average molecular weight is 477 g/mol. The lowest BCUT2D eigenvalue weighted by Crippen LogP contribution is -2.37. The number of nitrogens with one attached hydrogen (secondary N) is 1. The third kappa shape index (κ3) is 5.20. The summed E-state index contributed by atoms with van der Waals surface area (Å²) in [7, 11) is 0. The molecule has 0 unspecified atom stereocenters. The van der Waals surface area contributed by atoms with Crippen LogP contribution in [0.1, 0.15) is 18.7 Å². The summed E-state index contributed by atoms with van der Waals surface area (Å²) < 4.78 is 6.66. The van der Waals surface area contributed by atoms with Crippen LogP contribution < -0.4 is 5.32 Å². The molecule has 29 heavy (non-hydrogen) atoms. The number of likely N-dealkylation sites (tertiary alicyclic amines) is 1. The van der Waals surface area contributed by atoms with Gasteiger partial charge in [-0.1, -0.05) is 11.6 Å². The zero-order valence-corrected chi connectivity index (χ0v) is 17.9. The molecule has 7 nitrogen and oxygen atoms in total. The number of carbonyl (C=O) groups excluding carboxylic acids is 1. The maximum absolute atomic E-state index is 12.5. The van der Waals surface area contributed by atoms with Crippen LogP contribution in [0, 0.1) is 5.92 Å². The Balaban J connectivity index is 1.28. The number of aromatic nitrogens is 3. The van der Waals surface area contributed by atoms with Crippen LogP contribution in [-0.4, -0.2) is 39.1 Å². The molecule has 0 aliphatic carbocycles. The first-order valence-corrected chi connectivity index (χ1v) is 10.5. The first-order chi connectivity index (χ1) is 14.1. The Morgan fingerprint density at radius 1 is 1.17 bits per heavy atom. The highest BCUT2D eigenvalue weighted by Gasteiger charge is 2.26. The number of pyridine rings is 1. The van der Waals surface area contributed by atoms with Gasteiger partial charge in [0.05, 0.1) is 6.54 Å². The Morgan fingerprint density at radius 2 is 1.93 bits per heavy atom. The second-order valence-corrected chi connectivity index (χ2v) is 8.26. The molecule has 0 atom stereocenters. The van der Waals surface area contributed by atoms with E-state index in [-0.39, 0.29) is 11.8 Å². The summed E-state index contributed by atoms with van der Waals surface area (Å²) >= 11 is 9.25. The van der Waals surface area contributed by atoms with Crippen LogP contribution in [0.2, 0.25) is 5.02 Å². The highest BCUT2D eigenvalue weighted by Crippen LogP contribution is 2.23. The van der Waals surface area contributed by atoms with E-state index in [1.807, 2.05) is 18.2 Å². The first-order valence-electron chi connectivity index (χ1n) is 9.30. The molecule has 1 aliphatic rings. The van der Waals surface area contributed by atoms with Crippen molar-refractivity contribution in [3.05, 3.63) is 58.0 Å². The summed E-state index contributed by atoms with van der Waals surface area (Å²) in [5, 5.41) is 11.8. The zero-order valence-electron chi connectivity index (χ0n) is 15.5. The van der Waals surface area contributed by atoms with Crippen LogP contribution in [0.25, 0.3) is 11.5 Å². The molecule has 4 rings (SSSR count). The van der Waals surface area contributed by atoms with Crippen molar-refractivity contribution < 1.29 is 9.21 Å². The van der Waals surface area contributed by atoms with Crippen LogP contribution >= 0.6 is 27.5 Å². The number of nitrogens with zero attached hydrogens (tertiary/aromatic N) is 4. The van der Waals surface area contributed by atoms with Crippen molar-refractivity contribution in [3.63, 3.8) is 0 Å². The highest BCUT2D eigenvalue weighted by atomic mass is 79.9. The van der Waals surface area contributed by atoms with E-state index in [9.17, 15) is 4.79 Å². The highest BCUT2D eigenvalue weighted by molar-refractivity contribution is 9.10. The van der Waals surface area contributed by atoms with Crippen molar-refractivity contribution in [2.75, 3.05) is 18.4 Å². The van der Waals surface area contributed by atoms with Crippen molar-refractivity contribution in [1.29, 1.82) is 0 Å². The van der Waals surface area contributed by atoms with E-state index in [1.165, 1.54) is 0 Å². The van der Waals surface area contributed by atoms with Gasteiger partial charge in [0.15, 0.2) is 0 Å². The SMILES string of the molecule is O=C(Nc1ccc(Br)cn1)C1CCN(Cc2nnc(-c3ccc(Cl)cc3)o2)CC1. The number of amides is 1. The van der Waals surface area contributed by atoms with E-state index in [2.05, 4.69) is 41.3 Å². The van der Waals surface area contributed by atoms with Gasteiger partial charge in [-0.2, -0.15) is 0 Å². The minimum Gasteiger partial charge on any atom is -0.419 e. The summed E-state index contributed by atoms with van der Waals surface area (Å²) in [6.45, 7) is 2.16. The van der Waals surface area contributed by atoms with Crippen molar-refractivity contribution >= 4 is 39.3 Å². The van der Waals surface area contributed by atoms with E-state index >= 15 is 0 Å². The van der Waals surface area contributed by atoms with E-state index in [1.54, 1.807) is 24.4 Å². The van der Waals surface area contributed by atoms with Gasteiger partial charge in [-0.3, -0.25) is 9.69 Å². The molecule has 0 radical (unpaired) electrons. The number of benzene rings is 1. The summed E-state index contributed by atoms with van der Waals surface area (Å²) in [6.07, 6.45) is 3.22. The number of hydrogen-bond acceptors (Lipinski definition) is 6. The monoisotopic (exact) mass is 475 g/mol. The predicted octanol–water partition coefficient (Wildman–Crippen LogP) is 4.40. The maximum Gasteiger partial charge on any atom is 0.247 e. The van der Waals surface area contributed by atoms with Crippen LogP contribution in [0.4, 0.5) is 5.82 Å². The number of anilines is 1. The van der Waals surface area contributed by atoms with Gasteiger partial charge < -0.3 is 9.73 Å². The molecule has 0 spiro atoms. The van der Waals surface area contributed by atoms with Crippen LogP contribution in [0.5, 0.6) is 0 Å². The topological polar surface area (TPSA) is 84.2 Å². The first kappa shape index (κ1) is 20.0. The molecular formula is C20H19BrClN5O2. The molecule has 1 aliphatic heterocycles. The molecule has 1 amide bonds. The molecule has 150 valence electrons. The van der Waals surface area contributed by atoms with Crippen molar-refractivity contribution in [3.8, 4) is 11.5 Å². The van der Waals surface area contributed by atoms with Crippen molar-refractivity contribution in [2.45, 2.75) is 19.4 Å². The van der Waals surface area contributed by atoms with E-state index in [0.717, 1.165) is 36.0 Å². The van der Waals surface area contributed by atoms with Gasteiger partial charge >= 0.3 is 0 Å². The normalized spacial score (nSPS) is 15.4. The number of rotatable bonds is 5. The summed E-state index contributed by atoms with van der Waals surface area (Å²) in [4.78, 5) is 18.9. The molecule has 0 saturated carbocycles. The summed E-state index contributed by atoms with van der Waals surface area (Å²) in [6, 6.07) is 10.9. The van der Waals surface area contributed by atoms with Gasteiger partial charge in [-0.05, 0) is 78.3 Å². The van der Waals surface area contributed by atoms with E-state index in [4.69, 9.17) is 16.0 Å². The molecule has 1 N–H and O–H groups in total. The minimum absolute atomic E-state index is 0.0160. The predicted molar refractivity (Wildman–Crippen MR) is 113 cm³/mol. The van der Waals surface area contributed by atoms with Gasteiger partial charge in [0, 0.05) is 27.2 Å². The van der Waals surface area contributed by atoms with Gasteiger partial charge in [-0.15, -0.1) is 10.2 Å². The fourth-order valence-electron chi connectivity index (χ4n) is 3.25. The lowest BCUT2D eigenvalue weighted by atomic mass is 9.96. The van der Waals surface area contributed by atoms with Gasteiger partial charge in [0.2, 0.25) is 17.7 Å². The Labute approximate surface area is 181 Å². The third-order valence-corrected chi connectivity index (χ3v) is 5.57. The van der Waals surface area contributed by atoms with Crippen LogP contribution in [-0.2, 0) is 11.3 Å². The lowest BCUT2D eigenvalue weighted by Gasteiger charge is -2.30. The molecular weight excluding hydrogens is 458 g/mol. The largest absolute Gasteiger partial charge is 0.419 e. The number of hydrogen-bond donors (Lipinski definition) is 1. The third-order valence-electron chi connectivity index (χ3n) is 4.85. The Kier molecular flexibility index (Phi) is 6.22. The van der Waals surface area contributed by atoms with Crippen LogP contribution in [0.3, 0.4) is 0 Å². The molecule has 9 heteroatoms. The van der Waals surface area contributed by atoms with Crippen molar-refractivity contribution in [2.24, 2.45) is 5.92 Å². The standard InChI is InChI=1S/C20H19BrClN5O2/c21-15-3-6-17(23-11-15)24-19(28)13-7-9-27(10-8-13)12-18-25-26-20(29-18)14-1-4-16(22)5-2-14/h1-6,11,13H,7-10,12H2,(H,23,24,28). The number of halogens is 2.